The number of H-pyrrole nitrogens is 1. The smallest absolute Gasteiger partial charge is 0.217 e. The molecule has 1 N–H and O–H groups in total. The summed E-state index contributed by atoms with van der Waals surface area (Å²) in [6.07, 6.45) is 7.09. The van der Waals surface area contributed by atoms with Crippen molar-refractivity contribution in [3.63, 3.8) is 0 Å². The lowest BCUT2D eigenvalue weighted by molar-refractivity contribution is 0.393. The van der Waals surface area contributed by atoms with Gasteiger partial charge in [0.2, 0.25) is 5.88 Å². The predicted octanol–water partition coefficient (Wildman–Crippen LogP) is 4.35. The number of aromatic nitrogens is 4. The summed E-state index contributed by atoms with van der Waals surface area (Å²) in [6, 6.07) is 9.00. The Kier molecular flexibility index (Phi) is 4.73. The molecule has 0 unspecified atom stereocenters. The van der Waals surface area contributed by atoms with Crippen LogP contribution in [0.5, 0.6) is 5.88 Å². The van der Waals surface area contributed by atoms with Crippen molar-refractivity contribution in [2.24, 2.45) is 0 Å². The van der Waals surface area contributed by atoms with E-state index in [1.807, 2.05) is 30.5 Å². The number of ether oxygens (including phenoxy) is 1. The zero-order valence-electron chi connectivity index (χ0n) is 14.4. The fourth-order valence-corrected chi connectivity index (χ4v) is 3.16. The van der Waals surface area contributed by atoms with E-state index < -0.39 is 5.82 Å². The molecule has 7 heteroatoms. The van der Waals surface area contributed by atoms with Gasteiger partial charge >= 0.3 is 0 Å². The van der Waals surface area contributed by atoms with E-state index in [1.165, 1.54) is 13.2 Å². The van der Waals surface area contributed by atoms with Crippen molar-refractivity contribution in [1.29, 1.82) is 0 Å². The Labute approximate surface area is 160 Å². The highest BCUT2D eigenvalue weighted by Gasteiger charge is 2.12. The summed E-state index contributed by atoms with van der Waals surface area (Å²) in [5, 5.41) is 1.45. The van der Waals surface area contributed by atoms with Crippen molar-refractivity contribution < 1.29 is 9.13 Å². The van der Waals surface area contributed by atoms with Gasteiger partial charge in [0.1, 0.15) is 16.6 Å². The number of rotatable bonds is 5. The summed E-state index contributed by atoms with van der Waals surface area (Å²) < 4.78 is 18.6. The number of nitrogens with one attached hydrogen (secondary N) is 1. The number of methoxy groups -OCH3 is 1. The van der Waals surface area contributed by atoms with Gasteiger partial charge in [0.05, 0.1) is 19.0 Å². The SMILES string of the molecule is COc1ncc(F)cc1[CH]c1ccc(Cc2c[nH]c3ncccc23)c(Cl)n1. The summed E-state index contributed by atoms with van der Waals surface area (Å²) in [7, 11) is 1.48. The molecular weight excluding hydrogens is 367 g/mol. The van der Waals surface area contributed by atoms with Crippen LogP contribution >= 0.6 is 11.6 Å². The maximum atomic E-state index is 13.5. The zero-order valence-corrected chi connectivity index (χ0v) is 15.2. The Hall–Kier alpha value is -2.99. The molecule has 4 heterocycles. The van der Waals surface area contributed by atoms with Crippen LogP contribution in [0.25, 0.3) is 11.0 Å². The fourth-order valence-electron chi connectivity index (χ4n) is 2.93. The molecule has 0 bridgehead atoms. The molecule has 0 aliphatic heterocycles. The second-order valence-electron chi connectivity index (χ2n) is 5.97. The summed E-state index contributed by atoms with van der Waals surface area (Å²) in [4.78, 5) is 15.8. The van der Waals surface area contributed by atoms with Gasteiger partial charge in [0.25, 0.3) is 0 Å². The lowest BCUT2D eigenvalue weighted by atomic mass is 10.1. The van der Waals surface area contributed by atoms with E-state index in [4.69, 9.17) is 16.3 Å². The molecule has 0 spiro atoms. The Balaban J connectivity index is 1.59. The van der Waals surface area contributed by atoms with Gasteiger partial charge in [-0.3, -0.25) is 0 Å². The van der Waals surface area contributed by atoms with Crippen LogP contribution in [-0.2, 0) is 6.42 Å². The second-order valence-corrected chi connectivity index (χ2v) is 6.33. The molecule has 0 saturated heterocycles. The summed E-state index contributed by atoms with van der Waals surface area (Å²) >= 11 is 6.39. The van der Waals surface area contributed by atoms with Crippen molar-refractivity contribution >= 4 is 22.6 Å². The van der Waals surface area contributed by atoms with Gasteiger partial charge in [-0.05, 0) is 35.4 Å². The molecule has 4 aromatic heterocycles. The summed E-state index contributed by atoms with van der Waals surface area (Å²) in [6.45, 7) is 0. The first-order valence-electron chi connectivity index (χ1n) is 8.25. The first kappa shape index (κ1) is 17.4. The molecule has 4 aromatic rings. The first-order chi connectivity index (χ1) is 13.1. The fraction of sp³-hybridized carbons (Fsp3) is 0.100. The highest BCUT2D eigenvalue weighted by atomic mass is 35.5. The standard InChI is InChI=1S/C20H15ClFN4O/c1-27-20-13(8-15(22)11-25-20)9-16-5-4-12(18(21)26-16)7-14-10-24-19-17(14)3-2-6-23-19/h2-6,8-11H,7H2,1H3,(H,23,24). The van der Waals surface area contributed by atoms with Crippen LogP contribution in [0, 0.1) is 12.2 Å². The summed E-state index contributed by atoms with van der Waals surface area (Å²) in [5.74, 6) is -0.123. The van der Waals surface area contributed by atoms with Crippen LogP contribution in [0.3, 0.4) is 0 Å². The van der Waals surface area contributed by atoms with Gasteiger partial charge in [0.15, 0.2) is 0 Å². The molecule has 0 aromatic carbocycles. The highest BCUT2D eigenvalue weighted by molar-refractivity contribution is 6.30. The third-order valence-corrected chi connectivity index (χ3v) is 4.53. The molecule has 0 aliphatic carbocycles. The molecule has 0 saturated carbocycles. The van der Waals surface area contributed by atoms with E-state index in [0.29, 0.717) is 28.7 Å². The van der Waals surface area contributed by atoms with Gasteiger partial charge in [-0.2, -0.15) is 0 Å². The van der Waals surface area contributed by atoms with E-state index in [0.717, 1.165) is 28.4 Å². The van der Waals surface area contributed by atoms with Crippen LogP contribution < -0.4 is 4.74 Å². The van der Waals surface area contributed by atoms with Gasteiger partial charge in [-0.25, -0.2) is 19.3 Å². The largest absolute Gasteiger partial charge is 0.481 e. The maximum Gasteiger partial charge on any atom is 0.217 e. The van der Waals surface area contributed by atoms with E-state index >= 15 is 0 Å². The molecule has 27 heavy (non-hydrogen) atoms. The number of hydrogen-bond acceptors (Lipinski definition) is 4. The normalized spacial score (nSPS) is 11.1. The molecule has 5 nitrogen and oxygen atoms in total. The van der Waals surface area contributed by atoms with E-state index in [-0.39, 0.29) is 0 Å². The van der Waals surface area contributed by atoms with Crippen molar-refractivity contribution in [2.75, 3.05) is 7.11 Å². The zero-order chi connectivity index (χ0) is 18.8. The molecule has 0 amide bonds. The molecular formula is C20H15ClFN4O. The Morgan fingerprint density at radius 3 is 2.93 bits per heavy atom. The van der Waals surface area contributed by atoms with Crippen molar-refractivity contribution in [2.45, 2.75) is 6.42 Å². The average Bonchev–Trinajstić information content (AvgIpc) is 3.07. The van der Waals surface area contributed by atoms with Crippen LogP contribution in [0.2, 0.25) is 5.15 Å². The number of halogens is 2. The van der Waals surface area contributed by atoms with E-state index in [1.54, 1.807) is 12.6 Å². The molecule has 0 fully saturated rings. The van der Waals surface area contributed by atoms with E-state index in [9.17, 15) is 4.39 Å². The monoisotopic (exact) mass is 381 g/mol. The summed E-state index contributed by atoms with van der Waals surface area (Å²) in [5.41, 5.74) is 3.91. The van der Waals surface area contributed by atoms with E-state index in [2.05, 4.69) is 19.9 Å². The number of hydrogen-bond donors (Lipinski definition) is 1. The van der Waals surface area contributed by atoms with Crippen molar-refractivity contribution in [3.8, 4) is 5.88 Å². The first-order valence-corrected chi connectivity index (χ1v) is 8.62. The van der Waals surface area contributed by atoms with Crippen molar-refractivity contribution in [3.05, 3.63) is 88.7 Å². The van der Waals surface area contributed by atoms with Crippen LogP contribution in [0.4, 0.5) is 4.39 Å². The predicted molar refractivity (Wildman–Crippen MR) is 101 cm³/mol. The molecule has 0 atom stereocenters. The highest BCUT2D eigenvalue weighted by Crippen LogP contribution is 2.25. The van der Waals surface area contributed by atoms with Gasteiger partial charge in [-0.1, -0.05) is 17.7 Å². The minimum atomic E-state index is -0.447. The van der Waals surface area contributed by atoms with Crippen LogP contribution in [-0.4, -0.2) is 27.0 Å². The topological polar surface area (TPSA) is 63.7 Å². The van der Waals surface area contributed by atoms with Gasteiger partial charge in [0, 0.05) is 36.2 Å². The quantitative estimate of drug-likeness (QED) is 0.522. The Morgan fingerprint density at radius 2 is 2.11 bits per heavy atom. The molecule has 0 aliphatic rings. The third-order valence-electron chi connectivity index (χ3n) is 4.21. The molecule has 1 radical (unpaired) electrons. The Morgan fingerprint density at radius 1 is 1.22 bits per heavy atom. The maximum absolute atomic E-state index is 13.5. The lowest BCUT2D eigenvalue weighted by Gasteiger charge is -2.09. The number of nitrogens with zero attached hydrogens (tertiary/aromatic N) is 3. The van der Waals surface area contributed by atoms with Gasteiger partial charge in [-0.15, -0.1) is 0 Å². The lowest BCUT2D eigenvalue weighted by Crippen LogP contribution is -1.99. The van der Waals surface area contributed by atoms with Crippen molar-refractivity contribution in [1.82, 2.24) is 19.9 Å². The molecule has 4 rings (SSSR count). The average molecular weight is 382 g/mol. The second kappa shape index (κ2) is 7.32. The minimum Gasteiger partial charge on any atom is -0.481 e. The van der Waals surface area contributed by atoms with Gasteiger partial charge < -0.3 is 9.72 Å². The van der Waals surface area contributed by atoms with Crippen LogP contribution in [0.15, 0.2) is 48.9 Å². The number of aromatic amines is 1. The molecule has 135 valence electrons. The minimum absolute atomic E-state index is 0.324. The Bertz CT molecular complexity index is 1110. The third kappa shape index (κ3) is 3.61. The number of fused-ring (bicyclic) bond motifs is 1. The van der Waals surface area contributed by atoms with Crippen LogP contribution in [0.1, 0.15) is 22.4 Å². The number of pyridine rings is 3.